The zero-order valence-electron chi connectivity index (χ0n) is 15.6. The van der Waals surface area contributed by atoms with Crippen LogP contribution in [0.25, 0.3) is 0 Å². The molecule has 0 radical (unpaired) electrons. The third kappa shape index (κ3) is 2.93. The fraction of sp³-hybridized carbons (Fsp3) is 0.478. The summed E-state index contributed by atoms with van der Waals surface area (Å²) in [5.41, 5.74) is 6.32. The van der Waals surface area contributed by atoms with Crippen molar-refractivity contribution >= 4 is 5.69 Å². The van der Waals surface area contributed by atoms with Gasteiger partial charge in [0.25, 0.3) is 0 Å². The van der Waals surface area contributed by atoms with Crippen LogP contribution < -0.4 is 10.2 Å². The lowest BCUT2D eigenvalue weighted by atomic mass is 9.90. The first kappa shape index (κ1) is 16.3. The van der Waals surface area contributed by atoms with E-state index in [1.807, 2.05) is 0 Å². The molecule has 0 saturated carbocycles. The molecule has 1 atom stereocenters. The molecule has 1 spiro atoms. The van der Waals surface area contributed by atoms with Crippen molar-refractivity contribution < 1.29 is 0 Å². The number of hydrogen-bond acceptors (Lipinski definition) is 3. The average Bonchev–Trinajstić information content (AvgIpc) is 3.31. The van der Waals surface area contributed by atoms with E-state index in [9.17, 15) is 0 Å². The van der Waals surface area contributed by atoms with Crippen LogP contribution in [-0.2, 0) is 18.5 Å². The van der Waals surface area contributed by atoms with E-state index in [-0.39, 0.29) is 0 Å². The molecule has 26 heavy (non-hydrogen) atoms. The van der Waals surface area contributed by atoms with Crippen molar-refractivity contribution in [2.45, 2.75) is 37.8 Å². The van der Waals surface area contributed by atoms with Crippen LogP contribution >= 0.6 is 0 Å². The fourth-order valence-corrected chi connectivity index (χ4v) is 5.16. The van der Waals surface area contributed by atoms with Gasteiger partial charge in [0, 0.05) is 44.0 Å². The van der Waals surface area contributed by atoms with E-state index in [1.54, 1.807) is 11.1 Å². The molecule has 3 aliphatic rings. The van der Waals surface area contributed by atoms with E-state index >= 15 is 0 Å². The van der Waals surface area contributed by atoms with Gasteiger partial charge in [0.1, 0.15) is 0 Å². The second-order valence-corrected chi connectivity index (χ2v) is 8.20. The number of nitrogens with one attached hydrogen (secondary N) is 1. The van der Waals surface area contributed by atoms with Crippen molar-refractivity contribution in [3.63, 3.8) is 0 Å². The van der Waals surface area contributed by atoms with E-state index in [1.165, 1.54) is 43.5 Å². The summed E-state index contributed by atoms with van der Waals surface area (Å²) >= 11 is 0. The van der Waals surface area contributed by atoms with Gasteiger partial charge in [-0.15, -0.1) is 0 Å². The summed E-state index contributed by atoms with van der Waals surface area (Å²) in [7, 11) is 0. The summed E-state index contributed by atoms with van der Waals surface area (Å²) < 4.78 is 0. The average molecular weight is 348 g/mol. The quantitative estimate of drug-likeness (QED) is 0.916. The highest BCUT2D eigenvalue weighted by atomic mass is 15.3. The molecule has 3 heteroatoms. The van der Waals surface area contributed by atoms with E-state index < -0.39 is 0 Å². The Hall–Kier alpha value is -1.84. The van der Waals surface area contributed by atoms with Crippen LogP contribution in [0.2, 0.25) is 0 Å². The molecule has 2 fully saturated rings. The molecular formula is C23H29N3. The van der Waals surface area contributed by atoms with Crippen molar-refractivity contribution in [3.05, 3.63) is 65.2 Å². The monoisotopic (exact) mass is 347 g/mol. The number of piperazine rings is 1. The van der Waals surface area contributed by atoms with Gasteiger partial charge < -0.3 is 10.2 Å². The molecule has 2 aromatic carbocycles. The number of fused-ring (bicyclic) bond motifs is 2. The molecule has 2 aliphatic heterocycles. The normalized spacial score (nSPS) is 25.8. The second-order valence-electron chi connectivity index (χ2n) is 8.20. The van der Waals surface area contributed by atoms with Crippen molar-refractivity contribution in [2.75, 3.05) is 37.6 Å². The number of hydrogen-bond donors (Lipinski definition) is 1. The van der Waals surface area contributed by atoms with Crippen molar-refractivity contribution in [1.29, 1.82) is 0 Å². The Morgan fingerprint density at radius 2 is 1.77 bits per heavy atom. The lowest BCUT2D eigenvalue weighted by Gasteiger charge is -2.37. The molecule has 1 N–H and O–H groups in total. The molecule has 1 aliphatic carbocycles. The topological polar surface area (TPSA) is 18.5 Å². The number of nitrogens with zero attached hydrogens (tertiary/aromatic N) is 2. The molecule has 3 nitrogen and oxygen atoms in total. The minimum Gasteiger partial charge on any atom is -0.369 e. The minimum atomic E-state index is 0.292. The fourth-order valence-electron chi connectivity index (χ4n) is 5.16. The van der Waals surface area contributed by atoms with Crippen molar-refractivity contribution in [2.24, 2.45) is 0 Å². The van der Waals surface area contributed by atoms with Crippen LogP contribution in [0.1, 0.15) is 36.0 Å². The first-order valence-corrected chi connectivity index (χ1v) is 10.2. The van der Waals surface area contributed by atoms with E-state index in [0.717, 1.165) is 32.7 Å². The van der Waals surface area contributed by atoms with Gasteiger partial charge in [-0.2, -0.15) is 0 Å². The third-order valence-electron chi connectivity index (χ3n) is 6.66. The summed E-state index contributed by atoms with van der Waals surface area (Å²) in [6.07, 6.45) is 5.17. The molecule has 2 saturated heterocycles. The van der Waals surface area contributed by atoms with E-state index in [4.69, 9.17) is 0 Å². The summed E-state index contributed by atoms with van der Waals surface area (Å²) in [6.45, 7) is 6.82. The summed E-state index contributed by atoms with van der Waals surface area (Å²) in [5.74, 6) is 0. The maximum absolute atomic E-state index is 3.83. The second kappa shape index (κ2) is 6.71. The Labute approximate surface area is 157 Å². The minimum absolute atomic E-state index is 0.292. The molecule has 5 rings (SSSR count). The Bertz CT molecular complexity index is 756. The summed E-state index contributed by atoms with van der Waals surface area (Å²) in [5, 5.41) is 3.83. The lowest BCUT2D eigenvalue weighted by molar-refractivity contribution is 0.250. The molecule has 2 aromatic rings. The Balaban J connectivity index is 1.27. The number of anilines is 1. The molecule has 2 heterocycles. The van der Waals surface area contributed by atoms with Gasteiger partial charge >= 0.3 is 0 Å². The van der Waals surface area contributed by atoms with Crippen molar-refractivity contribution in [1.82, 2.24) is 10.2 Å². The number of rotatable bonds is 3. The first-order valence-electron chi connectivity index (χ1n) is 10.2. The lowest BCUT2D eigenvalue weighted by Crippen LogP contribution is -2.46. The smallest absolute Gasteiger partial charge is 0.0441 e. The van der Waals surface area contributed by atoms with Crippen LogP contribution in [0.4, 0.5) is 5.69 Å². The maximum atomic E-state index is 3.83. The van der Waals surface area contributed by atoms with Gasteiger partial charge in [0.15, 0.2) is 0 Å². The predicted molar refractivity (Wildman–Crippen MR) is 108 cm³/mol. The first-order chi connectivity index (χ1) is 12.8. The van der Waals surface area contributed by atoms with Crippen LogP contribution in [0.3, 0.4) is 0 Å². The zero-order valence-corrected chi connectivity index (χ0v) is 15.6. The Morgan fingerprint density at radius 1 is 0.923 bits per heavy atom. The highest BCUT2D eigenvalue weighted by Gasteiger charge is 2.40. The number of benzene rings is 2. The van der Waals surface area contributed by atoms with E-state index in [0.29, 0.717) is 5.54 Å². The highest BCUT2D eigenvalue weighted by molar-refractivity contribution is 5.55. The van der Waals surface area contributed by atoms with Crippen LogP contribution in [0.15, 0.2) is 48.5 Å². The number of aryl methyl sites for hydroxylation is 1. The van der Waals surface area contributed by atoms with Crippen molar-refractivity contribution in [3.8, 4) is 0 Å². The van der Waals surface area contributed by atoms with Crippen LogP contribution in [0, 0.1) is 0 Å². The van der Waals surface area contributed by atoms with Gasteiger partial charge in [0.2, 0.25) is 0 Å². The van der Waals surface area contributed by atoms with Gasteiger partial charge in [-0.25, -0.2) is 0 Å². The standard InChI is InChI=1S/C23H29N3/c1-2-5-19(6-3-1)18-25-13-15-26(16-14-25)21-8-7-20-9-11-23(22(20)17-21)10-4-12-24-23/h1-3,5-8,17,24H,4,9-16,18H2/t23-/m1/s1. The van der Waals surface area contributed by atoms with Gasteiger partial charge in [-0.3, -0.25) is 4.90 Å². The van der Waals surface area contributed by atoms with Gasteiger partial charge in [-0.05, 0) is 61.1 Å². The molecule has 0 amide bonds. The molecule has 0 unspecified atom stereocenters. The molecule has 0 aromatic heterocycles. The van der Waals surface area contributed by atoms with Crippen LogP contribution in [-0.4, -0.2) is 37.6 Å². The van der Waals surface area contributed by atoms with E-state index in [2.05, 4.69) is 63.6 Å². The Morgan fingerprint density at radius 3 is 2.54 bits per heavy atom. The molecule has 136 valence electrons. The maximum Gasteiger partial charge on any atom is 0.0441 e. The largest absolute Gasteiger partial charge is 0.369 e. The zero-order chi connectivity index (χ0) is 17.4. The highest BCUT2D eigenvalue weighted by Crippen LogP contribution is 2.44. The third-order valence-corrected chi connectivity index (χ3v) is 6.66. The SMILES string of the molecule is c1ccc(CN2CCN(c3ccc4c(c3)[C@@]3(CCCN3)CC4)CC2)cc1. The predicted octanol–water partition coefficient (Wildman–Crippen LogP) is 3.53. The van der Waals surface area contributed by atoms with Gasteiger partial charge in [0.05, 0.1) is 0 Å². The molecule has 0 bridgehead atoms. The van der Waals surface area contributed by atoms with Gasteiger partial charge in [-0.1, -0.05) is 36.4 Å². The van der Waals surface area contributed by atoms with Crippen LogP contribution in [0.5, 0.6) is 0 Å². The Kier molecular flexibility index (Phi) is 4.22. The summed E-state index contributed by atoms with van der Waals surface area (Å²) in [4.78, 5) is 5.17. The molecular weight excluding hydrogens is 318 g/mol. The summed E-state index contributed by atoms with van der Waals surface area (Å²) in [6, 6.07) is 18.1.